The molecule has 448 valence electrons. The third-order valence-electron chi connectivity index (χ3n) is 18.9. The fraction of sp³-hybridized carbons (Fsp3) is 0.200. The Labute approximate surface area is 528 Å². The van der Waals surface area contributed by atoms with Gasteiger partial charge in [0.15, 0.2) is 16.1 Å². The number of ether oxygens (including phenoxy) is 4. The highest BCUT2D eigenvalue weighted by atomic mass is 28.3. The van der Waals surface area contributed by atoms with E-state index in [4.69, 9.17) is 18.9 Å². The summed E-state index contributed by atoms with van der Waals surface area (Å²) in [5, 5.41) is 12.6. The first-order chi connectivity index (χ1) is 43.5. The van der Waals surface area contributed by atoms with Crippen LogP contribution in [-0.4, -0.2) is 66.5 Å². The Bertz CT molecular complexity index is 4510. The maximum absolute atomic E-state index is 13.2. The summed E-state index contributed by atoms with van der Waals surface area (Å²) in [6, 6.07) is 73.5. The van der Waals surface area contributed by atoms with Crippen LogP contribution < -0.4 is 52.0 Å². The summed E-state index contributed by atoms with van der Waals surface area (Å²) in [6.45, 7) is 22.5. The van der Waals surface area contributed by atoms with Crippen molar-refractivity contribution in [2.24, 2.45) is 0 Å². The normalized spacial score (nSPS) is 16.5. The summed E-state index contributed by atoms with van der Waals surface area (Å²) >= 11 is 0. The molecule has 0 saturated heterocycles. The lowest BCUT2D eigenvalue weighted by Crippen LogP contribution is -2.72. The molecular formula is C80H72O8Si2. The van der Waals surface area contributed by atoms with Gasteiger partial charge < -0.3 is 18.9 Å². The average molecular weight is 1220 g/mol. The van der Waals surface area contributed by atoms with E-state index in [-0.39, 0.29) is 36.5 Å². The van der Waals surface area contributed by atoms with E-state index in [1.54, 1.807) is 39.8 Å². The molecule has 0 bridgehead atoms. The Balaban J connectivity index is 0.000000165. The number of carbonyl (C=O) groups is 4. The van der Waals surface area contributed by atoms with Crippen molar-refractivity contribution in [1.29, 1.82) is 0 Å². The summed E-state index contributed by atoms with van der Waals surface area (Å²) < 4.78 is 21.7. The Morgan fingerprint density at radius 2 is 0.544 bits per heavy atom. The molecule has 0 saturated carbocycles. The third kappa shape index (κ3) is 8.88. The van der Waals surface area contributed by atoms with Crippen LogP contribution in [-0.2, 0) is 18.9 Å². The molecule has 2 atom stereocenters. The van der Waals surface area contributed by atoms with E-state index in [0.717, 1.165) is 20.9 Å². The topological polar surface area (TPSA) is 105 Å². The zero-order valence-electron chi connectivity index (χ0n) is 52.7. The highest BCUT2D eigenvalue weighted by molar-refractivity contribution is 7.15. The van der Waals surface area contributed by atoms with Gasteiger partial charge in [-0.3, -0.25) is 0 Å². The summed E-state index contributed by atoms with van der Waals surface area (Å²) in [5.74, 6) is -1.77. The number of hydrogen-bond acceptors (Lipinski definition) is 8. The number of fused-ring (bicyclic) bond motifs is 14. The molecule has 0 unspecified atom stereocenters. The second kappa shape index (κ2) is 22.8. The van der Waals surface area contributed by atoms with Crippen molar-refractivity contribution in [3.63, 3.8) is 0 Å². The van der Waals surface area contributed by atoms with Crippen LogP contribution in [0.4, 0.5) is 0 Å². The first-order valence-electron chi connectivity index (χ1n) is 31.4. The molecule has 0 spiro atoms. The standard InChI is InChI=1S/2C40H36O4Si/c2*1-6-43-38(41)32-24-33(39(42)44-7-2)30-23-31-27(22-21-26(30)32)36-28-17-11-13-19-34(28)45(40(3,4)5,25-15-9-8-10-16-25)35-20-14-12-18-29(35)37(31)36/h2*8-24H,6-7H2,1-5H3/t2*45-/m10/s1. The summed E-state index contributed by atoms with van der Waals surface area (Å²) in [4.78, 5) is 52.6. The Morgan fingerprint density at radius 3 is 0.822 bits per heavy atom. The molecule has 0 aromatic heterocycles. The van der Waals surface area contributed by atoms with E-state index in [1.165, 1.54) is 75.7 Å². The fourth-order valence-electron chi connectivity index (χ4n) is 15.6. The lowest BCUT2D eigenvalue weighted by molar-refractivity contribution is 0.0511. The zero-order valence-corrected chi connectivity index (χ0v) is 54.7. The van der Waals surface area contributed by atoms with Crippen molar-refractivity contribution in [3.8, 4) is 22.3 Å². The Morgan fingerprint density at radius 1 is 0.289 bits per heavy atom. The molecule has 2 aliphatic heterocycles. The largest absolute Gasteiger partial charge is 0.462 e. The first kappa shape index (κ1) is 59.5. The summed E-state index contributed by atoms with van der Waals surface area (Å²) in [7, 11) is -5.29. The van der Waals surface area contributed by atoms with Crippen LogP contribution in [0.1, 0.15) is 133 Å². The SMILES string of the molecule is CCOC(=O)c1cc(C(=O)OCC)c2cc3c(ccc1-2)=C1C=3c2ccccc2[Si@@](c2ccccc2)(C(C)(C)C)c2ccccc21.CCOC(=O)c1cc(C(=O)OCC)c2cc3c(ccc1-2)=C1C=3c2ccccc2[Si@](c2ccccc2)(C(C)(C)C)c2ccccc21. The predicted octanol–water partition coefficient (Wildman–Crippen LogP) is 10.3. The van der Waals surface area contributed by atoms with Gasteiger partial charge >= 0.3 is 23.9 Å². The van der Waals surface area contributed by atoms with Gasteiger partial charge in [-0.05, 0) is 181 Å². The van der Waals surface area contributed by atoms with Crippen molar-refractivity contribution in [3.05, 3.63) is 272 Å². The van der Waals surface area contributed by atoms with Crippen LogP contribution in [0, 0.1) is 0 Å². The van der Waals surface area contributed by atoms with Crippen molar-refractivity contribution >= 4 is 93.4 Å². The van der Waals surface area contributed by atoms with Gasteiger partial charge in [0, 0.05) is 0 Å². The van der Waals surface area contributed by atoms with Crippen molar-refractivity contribution in [2.75, 3.05) is 26.4 Å². The Kier molecular flexibility index (Phi) is 15.1. The molecule has 0 fully saturated rings. The molecular weight excluding hydrogens is 1150 g/mol. The minimum absolute atomic E-state index is 0.0626. The fourth-order valence-corrected chi connectivity index (χ4v) is 27.6. The molecule has 0 N–H and O–H groups in total. The Hall–Kier alpha value is -9.49. The predicted molar refractivity (Wildman–Crippen MR) is 366 cm³/mol. The molecule has 6 aromatic rings. The number of hydrogen-bond donors (Lipinski definition) is 0. The van der Waals surface area contributed by atoms with Gasteiger partial charge in [0.2, 0.25) is 0 Å². The molecule has 8 nitrogen and oxygen atoms in total. The van der Waals surface area contributed by atoms with Gasteiger partial charge in [0.05, 0.1) is 48.7 Å². The van der Waals surface area contributed by atoms with Crippen LogP contribution in [0.2, 0.25) is 10.1 Å². The lowest BCUT2D eigenvalue weighted by atomic mass is 9.82. The van der Waals surface area contributed by atoms with Crippen molar-refractivity contribution in [2.45, 2.75) is 79.3 Å². The van der Waals surface area contributed by atoms with Crippen LogP contribution >= 0.6 is 0 Å². The van der Waals surface area contributed by atoms with Gasteiger partial charge in [-0.1, -0.05) is 224 Å². The molecule has 0 radical (unpaired) electrons. The maximum atomic E-state index is 13.2. The molecule has 6 aliphatic carbocycles. The van der Waals surface area contributed by atoms with Crippen molar-refractivity contribution < 1.29 is 38.1 Å². The smallest absolute Gasteiger partial charge is 0.338 e. The lowest BCUT2D eigenvalue weighted by Gasteiger charge is -2.45. The minimum Gasteiger partial charge on any atom is -0.462 e. The number of rotatable bonds is 10. The van der Waals surface area contributed by atoms with Gasteiger partial charge in [-0.25, -0.2) is 19.2 Å². The van der Waals surface area contributed by atoms with E-state index in [9.17, 15) is 19.2 Å². The number of carbonyl (C=O) groups excluding carboxylic acids is 4. The molecule has 14 rings (SSSR count). The van der Waals surface area contributed by atoms with Crippen LogP contribution in [0.3, 0.4) is 0 Å². The van der Waals surface area contributed by atoms with Crippen LogP contribution in [0.5, 0.6) is 0 Å². The van der Waals surface area contributed by atoms with E-state index in [0.29, 0.717) is 44.5 Å². The second-order valence-corrected chi connectivity index (χ2v) is 34.8. The second-order valence-electron chi connectivity index (χ2n) is 25.5. The average Bonchev–Trinajstić information content (AvgIpc) is 1.50. The van der Waals surface area contributed by atoms with Gasteiger partial charge in [0.25, 0.3) is 0 Å². The monoisotopic (exact) mass is 1220 g/mol. The van der Waals surface area contributed by atoms with Crippen LogP contribution in [0.25, 0.3) is 44.5 Å². The van der Waals surface area contributed by atoms with Gasteiger partial charge in [-0.2, -0.15) is 0 Å². The molecule has 6 aromatic carbocycles. The molecule has 90 heavy (non-hydrogen) atoms. The van der Waals surface area contributed by atoms with Gasteiger partial charge in [-0.15, -0.1) is 0 Å². The van der Waals surface area contributed by atoms with E-state index >= 15 is 0 Å². The zero-order chi connectivity index (χ0) is 63.0. The van der Waals surface area contributed by atoms with Crippen LogP contribution in [0.15, 0.2) is 206 Å². The van der Waals surface area contributed by atoms with E-state index in [1.807, 2.05) is 12.1 Å². The molecule has 10 heteroatoms. The number of benzene rings is 6. The van der Waals surface area contributed by atoms with E-state index < -0.39 is 40.0 Å². The molecule has 0 amide bonds. The minimum atomic E-state index is -2.65. The van der Waals surface area contributed by atoms with Gasteiger partial charge in [0.1, 0.15) is 0 Å². The summed E-state index contributed by atoms with van der Waals surface area (Å²) in [5.41, 5.74) is 14.1. The van der Waals surface area contributed by atoms with Crippen molar-refractivity contribution in [1.82, 2.24) is 0 Å². The number of esters is 4. The highest BCUT2D eigenvalue weighted by Gasteiger charge is 2.55. The summed E-state index contributed by atoms with van der Waals surface area (Å²) in [6.07, 6.45) is 0. The van der Waals surface area contributed by atoms with E-state index in [2.05, 4.69) is 224 Å². The first-order valence-corrected chi connectivity index (χ1v) is 35.4. The maximum Gasteiger partial charge on any atom is 0.338 e. The molecule has 8 aliphatic rings. The highest BCUT2D eigenvalue weighted by Crippen LogP contribution is 2.46. The molecule has 2 heterocycles. The quantitative estimate of drug-likeness (QED) is 0.0758. The third-order valence-corrected chi connectivity index (χ3v) is 30.8.